The molecule has 0 bridgehead atoms. The van der Waals surface area contributed by atoms with Crippen LogP contribution in [-0.4, -0.2) is 0 Å². The number of hydrogen-bond acceptors (Lipinski definition) is 0. The molecule has 0 aliphatic carbocycles. The van der Waals surface area contributed by atoms with Crippen LogP contribution < -0.4 is 0 Å². The van der Waals surface area contributed by atoms with Crippen molar-refractivity contribution < 1.29 is 0 Å². The average molecular weight is 196 g/mol. The first-order valence-electron chi connectivity index (χ1n) is 6.00. The second-order valence-electron chi connectivity index (χ2n) is 5.97. The molecule has 0 radical (unpaired) electrons. The fourth-order valence-electron chi connectivity index (χ4n) is 1.44. The van der Waals surface area contributed by atoms with Crippen molar-refractivity contribution in [2.24, 2.45) is 17.3 Å². The molecule has 0 rings (SSSR count). The van der Waals surface area contributed by atoms with Gasteiger partial charge < -0.3 is 0 Å². The van der Waals surface area contributed by atoms with Crippen LogP contribution in [0, 0.1) is 17.3 Å². The Bertz CT molecular complexity index is 161. The van der Waals surface area contributed by atoms with E-state index in [1.54, 1.807) is 0 Å². The molecule has 0 heterocycles. The van der Waals surface area contributed by atoms with Crippen molar-refractivity contribution in [3.8, 4) is 0 Å². The minimum absolute atomic E-state index is 0.482. The summed E-state index contributed by atoms with van der Waals surface area (Å²) in [7, 11) is 0. The van der Waals surface area contributed by atoms with Gasteiger partial charge in [0.15, 0.2) is 0 Å². The molecule has 0 saturated heterocycles. The maximum Gasteiger partial charge on any atom is -0.0290 e. The van der Waals surface area contributed by atoms with E-state index in [1.165, 1.54) is 19.3 Å². The van der Waals surface area contributed by atoms with Gasteiger partial charge in [0.1, 0.15) is 0 Å². The van der Waals surface area contributed by atoms with Crippen molar-refractivity contribution >= 4 is 0 Å². The van der Waals surface area contributed by atoms with E-state index in [-0.39, 0.29) is 0 Å². The molecule has 84 valence electrons. The van der Waals surface area contributed by atoms with E-state index in [1.807, 2.05) is 0 Å². The Hall–Kier alpha value is -0.260. The molecule has 0 aliphatic rings. The van der Waals surface area contributed by atoms with Crippen LogP contribution in [0.25, 0.3) is 0 Å². The van der Waals surface area contributed by atoms with Crippen LogP contribution in [0.1, 0.15) is 60.8 Å². The molecule has 0 spiro atoms. The van der Waals surface area contributed by atoms with Gasteiger partial charge in [0.2, 0.25) is 0 Å². The first kappa shape index (κ1) is 13.7. The highest BCUT2D eigenvalue weighted by molar-refractivity contribution is 4.89. The zero-order valence-electron chi connectivity index (χ0n) is 10.9. The molecule has 0 heteroatoms. The fraction of sp³-hybridized carbons (Fsp3) is 0.857. The summed E-state index contributed by atoms with van der Waals surface area (Å²) in [5.41, 5.74) is 0.482. The normalized spacial score (nSPS) is 13.4. The third-order valence-electron chi connectivity index (χ3n) is 2.59. The lowest BCUT2D eigenvalue weighted by atomic mass is 9.82. The van der Waals surface area contributed by atoms with Gasteiger partial charge in [0.25, 0.3) is 0 Å². The van der Waals surface area contributed by atoms with Crippen LogP contribution in [0.4, 0.5) is 0 Å². The van der Waals surface area contributed by atoms with Crippen LogP contribution in [0.3, 0.4) is 0 Å². The molecule has 0 atom stereocenters. The van der Waals surface area contributed by atoms with Crippen molar-refractivity contribution in [3.05, 3.63) is 12.2 Å². The molecule has 14 heavy (non-hydrogen) atoms. The Morgan fingerprint density at radius 2 is 1.64 bits per heavy atom. The van der Waals surface area contributed by atoms with E-state index >= 15 is 0 Å². The lowest BCUT2D eigenvalue weighted by Crippen LogP contribution is -2.11. The number of hydrogen-bond donors (Lipinski definition) is 0. The molecular weight excluding hydrogens is 168 g/mol. The predicted octanol–water partition coefficient (Wildman–Crippen LogP) is 5.05. The minimum Gasteiger partial charge on any atom is -0.0877 e. The van der Waals surface area contributed by atoms with E-state index in [4.69, 9.17) is 0 Å². The maximum atomic E-state index is 2.38. The summed E-state index contributed by atoms with van der Waals surface area (Å²) in [5.74, 6) is 1.53. The van der Waals surface area contributed by atoms with Gasteiger partial charge in [0, 0.05) is 0 Å². The van der Waals surface area contributed by atoms with E-state index in [2.05, 4.69) is 53.7 Å². The Labute approximate surface area is 90.8 Å². The zero-order valence-corrected chi connectivity index (χ0v) is 10.9. The van der Waals surface area contributed by atoms with E-state index in [9.17, 15) is 0 Å². The van der Waals surface area contributed by atoms with Crippen LogP contribution >= 0.6 is 0 Å². The Morgan fingerprint density at radius 3 is 2.07 bits per heavy atom. The maximum absolute atomic E-state index is 2.38. The first-order chi connectivity index (χ1) is 6.33. The molecule has 0 aromatic heterocycles. The third-order valence-corrected chi connectivity index (χ3v) is 2.59. The van der Waals surface area contributed by atoms with Gasteiger partial charge in [-0.15, -0.1) is 0 Å². The van der Waals surface area contributed by atoms with Crippen LogP contribution in [0.15, 0.2) is 12.2 Å². The Kier molecular flexibility index (Phi) is 6.15. The minimum atomic E-state index is 0.482. The molecule has 0 amide bonds. The fourth-order valence-corrected chi connectivity index (χ4v) is 1.44. The van der Waals surface area contributed by atoms with Gasteiger partial charge in [-0.3, -0.25) is 0 Å². The lowest BCUT2D eigenvalue weighted by molar-refractivity contribution is 0.307. The summed E-state index contributed by atoms with van der Waals surface area (Å²) in [6.45, 7) is 13.8. The highest BCUT2D eigenvalue weighted by Gasteiger charge is 2.15. The van der Waals surface area contributed by atoms with Gasteiger partial charge in [-0.1, -0.05) is 60.1 Å². The van der Waals surface area contributed by atoms with Crippen molar-refractivity contribution in [3.63, 3.8) is 0 Å². The monoisotopic (exact) mass is 196 g/mol. The van der Waals surface area contributed by atoms with E-state index in [0.29, 0.717) is 11.3 Å². The van der Waals surface area contributed by atoms with Gasteiger partial charge in [0.05, 0.1) is 0 Å². The van der Waals surface area contributed by atoms with Gasteiger partial charge in [-0.2, -0.15) is 0 Å². The van der Waals surface area contributed by atoms with Crippen LogP contribution in [-0.2, 0) is 0 Å². The summed E-state index contributed by atoms with van der Waals surface area (Å²) in [4.78, 5) is 0. The largest absolute Gasteiger partial charge is 0.0877 e. The molecule has 0 N–H and O–H groups in total. The molecule has 0 aromatic rings. The summed E-state index contributed by atoms with van der Waals surface area (Å²) < 4.78 is 0. The van der Waals surface area contributed by atoms with Crippen molar-refractivity contribution in [2.75, 3.05) is 0 Å². The molecule has 0 nitrogen and oxygen atoms in total. The molecule has 0 saturated carbocycles. The van der Waals surface area contributed by atoms with E-state index in [0.717, 1.165) is 5.92 Å². The quantitative estimate of drug-likeness (QED) is 0.521. The summed E-state index contributed by atoms with van der Waals surface area (Å²) in [5, 5.41) is 0. The second kappa shape index (κ2) is 6.27. The molecule has 0 aromatic carbocycles. The third kappa shape index (κ3) is 8.34. The average Bonchev–Trinajstić information content (AvgIpc) is 2.00. The second-order valence-corrected chi connectivity index (χ2v) is 5.97. The highest BCUT2D eigenvalue weighted by Crippen LogP contribution is 2.29. The SMILES string of the molecule is CC(C)/C=C/CC(C)(C)CCC(C)C. The summed E-state index contributed by atoms with van der Waals surface area (Å²) >= 11 is 0. The van der Waals surface area contributed by atoms with Crippen molar-refractivity contribution in [2.45, 2.75) is 60.8 Å². The van der Waals surface area contributed by atoms with Crippen LogP contribution in [0.2, 0.25) is 0 Å². The van der Waals surface area contributed by atoms with Crippen LogP contribution in [0.5, 0.6) is 0 Å². The molecule has 0 aliphatic heterocycles. The lowest BCUT2D eigenvalue weighted by Gasteiger charge is -2.24. The first-order valence-corrected chi connectivity index (χ1v) is 6.00. The van der Waals surface area contributed by atoms with E-state index < -0.39 is 0 Å². The van der Waals surface area contributed by atoms with Gasteiger partial charge >= 0.3 is 0 Å². The topological polar surface area (TPSA) is 0 Å². The number of allylic oxidation sites excluding steroid dienone is 2. The van der Waals surface area contributed by atoms with Gasteiger partial charge in [-0.25, -0.2) is 0 Å². The number of rotatable bonds is 6. The Balaban J connectivity index is 3.82. The molecule has 0 unspecified atom stereocenters. The highest BCUT2D eigenvalue weighted by atomic mass is 14.2. The zero-order chi connectivity index (χ0) is 11.2. The summed E-state index contributed by atoms with van der Waals surface area (Å²) in [6.07, 6.45) is 8.58. The Morgan fingerprint density at radius 1 is 1.07 bits per heavy atom. The predicted molar refractivity (Wildman–Crippen MR) is 66.4 cm³/mol. The molecular formula is C14H28. The summed E-state index contributed by atoms with van der Waals surface area (Å²) in [6, 6.07) is 0. The van der Waals surface area contributed by atoms with Crippen molar-refractivity contribution in [1.29, 1.82) is 0 Å². The smallest absolute Gasteiger partial charge is 0.0290 e. The molecule has 0 fully saturated rings. The van der Waals surface area contributed by atoms with Crippen molar-refractivity contribution in [1.82, 2.24) is 0 Å². The van der Waals surface area contributed by atoms with Gasteiger partial charge in [-0.05, 0) is 30.1 Å². The standard InChI is InChI=1S/C14H28/c1-12(2)8-7-10-14(5,6)11-9-13(3)4/h7-8,12-13H,9-11H2,1-6H3/b8-7+.